The van der Waals surface area contributed by atoms with Crippen molar-refractivity contribution in [2.24, 2.45) is 0 Å². The molecular formula is C28H25ClF3N7. The van der Waals surface area contributed by atoms with Crippen LogP contribution in [0.2, 0.25) is 0 Å². The van der Waals surface area contributed by atoms with Crippen molar-refractivity contribution >= 4 is 23.1 Å². The van der Waals surface area contributed by atoms with E-state index in [1.54, 1.807) is 6.33 Å². The lowest BCUT2D eigenvalue weighted by molar-refractivity contribution is -0.138. The van der Waals surface area contributed by atoms with Crippen LogP contribution in [0.15, 0.2) is 42.0 Å². The fourth-order valence-corrected chi connectivity index (χ4v) is 6.94. The maximum Gasteiger partial charge on any atom is 0.419 e. The number of anilines is 1. The second-order valence-electron chi connectivity index (χ2n) is 10.5. The van der Waals surface area contributed by atoms with E-state index in [4.69, 9.17) is 21.7 Å². The summed E-state index contributed by atoms with van der Waals surface area (Å²) in [5.74, 6) is 0.212. The Kier molecular flexibility index (Phi) is 5.11. The second-order valence-corrected chi connectivity index (χ2v) is 10.9. The molecule has 7 nitrogen and oxygen atoms in total. The van der Waals surface area contributed by atoms with Crippen molar-refractivity contribution in [3.05, 3.63) is 87.0 Å². The van der Waals surface area contributed by atoms with Crippen molar-refractivity contribution in [1.82, 2.24) is 29.7 Å². The molecule has 11 heteroatoms. The molecule has 2 unspecified atom stereocenters. The van der Waals surface area contributed by atoms with E-state index in [2.05, 4.69) is 58.6 Å². The quantitative estimate of drug-likeness (QED) is 0.335. The summed E-state index contributed by atoms with van der Waals surface area (Å²) in [6.45, 7) is 7.32. The first kappa shape index (κ1) is 24.4. The topological polar surface area (TPSA) is 75.5 Å². The van der Waals surface area contributed by atoms with Gasteiger partial charge in [-0.3, -0.25) is 0 Å². The minimum Gasteiger partial charge on any atom is -0.348 e. The van der Waals surface area contributed by atoms with Crippen molar-refractivity contribution in [2.45, 2.75) is 57.7 Å². The number of aromatic nitrogens is 6. The van der Waals surface area contributed by atoms with Crippen LogP contribution in [0.3, 0.4) is 0 Å². The molecule has 0 spiro atoms. The minimum atomic E-state index is -4.49. The lowest BCUT2D eigenvalue weighted by Gasteiger charge is -2.43. The Morgan fingerprint density at radius 2 is 1.95 bits per heavy atom. The summed E-state index contributed by atoms with van der Waals surface area (Å²) >= 11 is 7.21. The highest BCUT2D eigenvalue weighted by Gasteiger charge is 2.52. The summed E-state index contributed by atoms with van der Waals surface area (Å²) < 4.78 is 41.4. The number of imidazole rings is 1. The lowest BCUT2D eigenvalue weighted by Crippen LogP contribution is -2.40. The van der Waals surface area contributed by atoms with Crippen LogP contribution in [0.1, 0.15) is 71.7 Å². The van der Waals surface area contributed by atoms with Gasteiger partial charge >= 0.3 is 6.18 Å². The molecule has 200 valence electrons. The summed E-state index contributed by atoms with van der Waals surface area (Å²) in [6.07, 6.45) is 0.344. The van der Waals surface area contributed by atoms with E-state index >= 15 is 0 Å². The van der Waals surface area contributed by atoms with Crippen LogP contribution in [-0.2, 0) is 31.0 Å². The van der Waals surface area contributed by atoms with Crippen LogP contribution in [0.25, 0.3) is 11.3 Å². The fourth-order valence-electron chi connectivity index (χ4n) is 6.54. The largest absolute Gasteiger partial charge is 0.419 e. The zero-order valence-corrected chi connectivity index (χ0v) is 22.3. The fraction of sp³-hybridized carbons (Fsp3) is 0.357. The molecule has 0 bridgehead atoms. The highest BCUT2D eigenvalue weighted by Crippen LogP contribution is 2.58. The van der Waals surface area contributed by atoms with Gasteiger partial charge in [0, 0.05) is 59.7 Å². The summed E-state index contributed by atoms with van der Waals surface area (Å²) in [7, 11) is 0. The molecule has 0 saturated heterocycles. The number of H-pyrrole nitrogens is 1. The molecule has 5 heterocycles. The first-order valence-corrected chi connectivity index (χ1v) is 13.3. The van der Waals surface area contributed by atoms with E-state index < -0.39 is 17.2 Å². The van der Waals surface area contributed by atoms with Gasteiger partial charge in [0.05, 0.1) is 40.1 Å². The third-order valence-electron chi connectivity index (χ3n) is 8.43. The molecule has 3 aromatic heterocycles. The Balaban J connectivity index is 1.45. The Morgan fingerprint density at radius 3 is 2.67 bits per heavy atom. The summed E-state index contributed by atoms with van der Waals surface area (Å²) in [5, 5.41) is 5.92. The monoisotopic (exact) mass is 551 g/mol. The van der Waals surface area contributed by atoms with Crippen molar-refractivity contribution in [3.63, 3.8) is 0 Å². The number of aryl methyl sites for hydroxylation is 1. The number of rotatable bonds is 2. The van der Waals surface area contributed by atoms with Crippen molar-refractivity contribution in [1.29, 1.82) is 0 Å². The number of alkyl halides is 3. The number of nitrogens with one attached hydrogen (secondary N) is 1. The van der Waals surface area contributed by atoms with Gasteiger partial charge in [-0.25, -0.2) is 19.6 Å². The van der Waals surface area contributed by atoms with E-state index in [1.807, 2.05) is 4.90 Å². The average molecular weight is 552 g/mol. The number of nitrogens with zero attached hydrogens (tertiary/aromatic N) is 6. The zero-order chi connectivity index (χ0) is 27.3. The molecule has 2 atom stereocenters. The van der Waals surface area contributed by atoms with Crippen molar-refractivity contribution < 1.29 is 13.2 Å². The molecule has 3 aliphatic rings. The Hall–Kier alpha value is -3.66. The van der Waals surface area contributed by atoms with Crippen LogP contribution in [0.5, 0.6) is 0 Å². The Bertz CT molecular complexity index is 1670. The number of fused-ring (bicyclic) bond motifs is 10. The highest BCUT2D eigenvalue weighted by atomic mass is 35.5. The molecule has 0 radical (unpaired) electrons. The number of allylic oxidation sites excluding steroid dienone is 2. The number of para-hydroxylation sites is 1. The standard InChI is InChI=1S/C28H25ClF3N7/c1-4-15-6-5-7-17-20-21(29)14(2)22-24(36-13-35-22)27(20,3)25-18-12-38(9-8-19(18)37-39(25)23(15)17)26-33-10-16(11-34-26)28(30,31)32/h5-7,10-11,13-14H,4,8-9,12H2,1-3H3,(H,35,36). The number of aromatic amines is 1. The summed E-state index contributed by atoms with van der Waals surface area (Å²) in [5.41, 5.74) is 7.55. The van der Waals surface area contributed by atoms with E-state index in [1.165, 1.54) is 0 Å². The maximum atomic E-state index is 13.1. The average Bonchev–Trinajstić information content (AvgIpc) is 3.57. The molecule has 4 aromatic rings. The number of hydrogen-bond acceptors (Lipinski definition) is 5. The summed E-state index contributed by atoms with van der Waals surface area (Å²) in [6, 6.07) is 6.30. The van der Waals surface area contributed by atoms with E-state index in [-0.39, 0.29) is 11.9 Å². The molecule has 0 saturated carbocycles. The SMILES string of the molecule is CCc1cccc2c1-n1nc3c(c1C1(C)C2=C(Cl)C(C)c2[nH]cnc21)CN(c1ncc(C(F)(F)F)cn1)CC3. The zero-order valence-electron chi connectivity index (χ0n) is 21.6. The number of benzene rings is 1. The van der Waals surface area contributed by atoms with E-state index in [0.717, 1.165) is 74.6 Å². The van der Waals surface area contributed by atoms with Gasteiger partial charge in [-0.05, 0) is 24.5 Å². The molecule has 1 aromatic carbocycles. The van der Waals surface area contributed by atoms with Gasteiger partial charge in [-0.15, -0.1) is 0 Å². The predicted molar refractivity (Wildman–Crippen MR) is 141 cm³/mol. The molecule has 7 rings (SSSR count). The van der Waals surface area contributed by atoms with Crippen LogP contribution in [0.4, 0.5) is 19.1 Å². The minimum absolute atomic E-state index is 0.0484. The van der Waals surface area contributed by atoms with Crippen molar-refractivity contribution in [2.75, 3.05) is 11.4 Å². The van der Waals surface area contributed by atoms with Gasteiger partial charge in [0.2, 0.25) is 5.95 Å². The highest BCUT2D eigenvalue weighted by molar-refractivity contribution is 6.34. The second kappa shape index (κ2) is 8.17. The van der Waals surface area contributed by atoms with E-state index in [9.17, 15) is 13.2 Å². The van der Waals surface area contributed by atoms with Gasteiger partial charge in [-0.1, -0.05) is 43.6 Å². The van der Waals surface area contributed by atoms with Gasteiger partial charge in [0.1, 0.15) is 0 Å². The first-order valence-electron chi connectivity index (χ1n) is 13.0. The smallest absolute Gasteiger partial charge is 0.348 e. The van der Waals surface area contributed by atoms with Crippen LogP contribution in [-0.4, -0.2) is 36.3 Å². The third-order valence-corrected chi connectivity index (χ3v) is 8.95. The number of halogens is 4. The molecule has 0 fully saturated rings. The van der Waals surface area contributed by atoms with Crippen LogP contribution >= 0.6 is 11.6 Å². The molecule has 2 aliphatic heterocycles. The van der Waals surface area contributed by atoms with Crippen LogP contribution < -0.4 is 4.90 Å². The Labute approximate surface area is 227 Å². The lowest BCUT2D eigenvalue weighted by atomic mass is 9.64. The summed E-state index contributed by atoms with van der Waals surface area (Å²) in [4.78, 5) is 18.2. The predicted octanol–water partition coefficient (Wildman–Crippen LogP) is 5.92. The molecule has 1 N–H and O–H groups in total. The third kappa shape index (κ3) is 3.24. The van der Waals surface area contributed by atoms with Gasteiger partial charge in [0.15, 0.2) is 0 Å². The van der Waals surface area contributed by atoms with Gasteiger partial charge < -0.3 is 9.88 Å². The first-order chi connectivity index (χ1) is 18.6. The number of hydrogen-bond donors (Lipinski definition) is 1. The Morgan fingerprint density at radius 1 is 1.18 bits per heavy atom. The molecular weight excluding hydrogens is 527 g/mol. The maximum absolute atomic E-state index is 13.1. The van der Waals surface area contributed by atoms with Gasteiger partial charge in [-0.2, -0.15) is 18.3 Å². The molecule has 1 aliphatic carbocycles. The van der Waals surface area contributed by atoms with Gasteiger partial charge in [0.25, 0.3) is 0 Å². The molecule has 0 amide bonds. The van der Waals surface area contributed by atoms with Crippen LogP contribution in [0, 0.1) is 0 Å². The normalized spacial score (nSPS) is 21.7. The molecule has 39 heavy (non-hydrogen) atoms. The van der Waals surface area contributed by atoms with Crippen molar-refractivity contribution in [3.8, 4) is 5.69 Å². The van der Waals surface area contributed by atoms with E-state index in [0.29, 0.717) is 19.5 Å².